The molecule has 2 rings (SSSR count). The van der Waals surface area contributed by atoms with Crippen LogP contribution in [0.15, 0.2) is 48.5 Å². The van der Waals surface area contributed by atoms with E-state index in [1.807, 2.05) is 0 Å². The normalized spacial score (nSPS) is 14.1. The smallest absolute Gasteiger partial charge is 0.204 e. The van der Waals surface area contributed by atoms with E-state index in [9.17, 15) is 0 Å². The van der Waals surface area contributed by atoms with E-state index in [1.165, 1.54) is 11.2 Å². The molecule has 0 aromatic heterocycles. The first kappa shape index (κ1) is 12.0. The van der Waals surface area contributed by atoms with Crippen molar-refractivity contribution in [3.63, 3.8) is 0 Å². The molecule has 0 fully saturated rings. The van der Waals surface area contributed by atoms with Crippen molar-refractivity contribution < 1.29 is 0 Å². The molecular formula is C15H20BN. The van der Waals surface area contributed by atoms with Gasteiger partial charge in [-0.15, -0.1) is 5.98 Å². The summed E-state index contributed by atoms with van der Waals surface area (Å²) in [6.45, 7) is 7.10. The lowest BCUT2D eigenvalue weighted by atomic mass is 9.42. The number of allylic oxidation sites excluding steroid dienone is 3. The molecule has 1 heterocycles. The molecule has 0 spiro atoms. The molecule has 0 amide bonds. The lowest BCUT2D eigenvalue weighted by molar-refractivity contribution is 0.866. The maximum atomic E-state index is 2.38. The molecule has 88 valence electrons. The van der Waals surface area contributed by atoms with E-state index < -0.39 is 0 Å². The van der Waals surface area contributed by atoms with Crippen LogP contribution < -0.4 is 10.4 Å². The van der Waals surface area contributed by atoms with Crippen molar-refractivity contribution in [1.29, 1.82) is 0 Å². The summed E-state index contributed by atoms with van der Waals surface area (Å²) in [6.07, 6.45) is 7.64. The van der Waals surface area contributed by atoms with Gasteiger partial charge in [-0.25, -0.2) is 0 Å². The molecule has 1 aromatic rings. The van der Waals surface area contributed by atoms with E-state index in [0.717, 1.165) is 19.4 Å². The van der Waals surface area contributed by atoms with Crippen molar-refractivity contribution in [3.8, 4) is 0 Å². The molecule has 1 aliphatic rings. The van der Waals surface area contributed by atoms with Gasteiger partial charge in [0, 0.05) is 18.8 Å². The molecule has 0 saturated carbocycles. The molecule has 1 aromatic carbocycles. The van der Waals surface area contributed by atoms with Gasteiger partial charge in [0.25, 0.3) is 0 Å². The van der Waals surface area contributed by atoms with Gasteiger partial charge in [0.2, 0.25) is 6.71 Å². The van der Waals surface area contributed by atoms with Gasteiger partial charge >= 0.3 is 0 Å². The predicted molar refractivity (Wildman–Crippen MR) is 78.5 cm³/mol. The van der Waals surface area contributed by atoms with Crippen LogP contribution >= 0.6 is 0 Å². The summed E-state index contributed by atoms with van der Waals surface area (Å²) in [5, 5.41) is 0. The van der Waals surface area contributed by atoms with Gasteiger partial charge in [-0.05, 0) is 32.3 Å². The highest BCUT2D eigenvalue weighted by Gasteiger charge is 2.13. The standard InChI is InChI=1S/C15H20BN/c1-3-17(4-2)15-10-8-14(9-11-15)16-12-6-5-7-13-16/h5-12H,3-4,13H2,1-2H3. The minimum absolute atomic E-state index is 0.561. The van der Waals surface area contributed by atoms with Crippen LogP contribution in [-0.2, 0) is 0 Å². The van der Waals surface area contributed by atoms with Crippen LogP contribution in [0.25, 0.3) is 0 Å². The first-order chi connectivity index (χ1) is 8.35. The molecule has 0 N–H and O–H groups in total. The molecule has 0 radical (unpaired) electrons. The van der Waals surface area contributed by atoms with Gasteiger partial charge in [-0.3, -0.25) is 0 Å². The van der Waals surface area contributed by atoms with Gasteiger partial charge < -0.3 is 4.90 Å². The molecular weight excluding hydrogens is 205 g/mol. The van der Waals surface area contributed by atoms with Crippen LogP contribution in [-0.4, -0.2) is 19.8 Å². The molecule has 0 bridgehead atoms. The van der Waals surface area contributed by atoms with Gasteiger partial charge in [0.1, 0.15) is 0 Å². The van der Waals surface area contributed by atoms with Crippen molar-refractivity contribution in [2.24, 2.45) is 0 Å². The highest BCUT2D eigenvalue weighted by molar-refractivity contribution is 6.78. The third-order valence-electron chi connectivity index (χ3n) is 3.43. The monoisotopic (exact) mass is 225 g/mol. The lowest BCUT2D eigenvalue weighted by Gasteiger charge is -2.21. The van der Waals surface area contributed by atoms with E-state index in [1.54, 1.807) is 0 Å². The van der Waals surface area contributed by atoms with Gasteiger partial charge in [0.15, 0.2) is 0 Å². The highest BCUT2D eigenvalue weighted by atomic mass is 15.1. The summed E-state index contributed by atoms with van der Waals surface area (Å²) in [5.74, 6) is 2.28. The van der Waals surface area contributed by atoms with Crippen LogP contribution in [0.1, 0.15) is 13.8 Å². The molecule has 17 heavy (non-hydrogen) atoms. The van der Waals surface area contributed by atoms with Crippen LogP contribution in [0.3, 0.4) is 0 Å². The van der Waals surface area contributed by atoms with E-state index in [-0.39, 0.29) is 0 Å². The van der Waals surface area contributed by atoms with Gasteiger partial charge in [0.05, 0.1) is 0 Å². The zero-order valence-corrected chi connectivity index (χ0v) is 10.8. The molecule has 2 heteroatoms. The number of benzene rings is 1. The number of hydrogen-bond donors (Lipinski definition) is 0. The fourth-order valence-electron chi connectivity index (χ4n) is 2.35. The zero-order valence-electron chi connectivity index (χ0n) is 10.8. The number of hydrogen-bond acceptors (Lipinski definition) is 1. The zero-order chi connectivity index (χ0) is 12.1. The fraction of sp³-hybridized carbons (Fsp3) is 0.333. The van der Waals surface area contributed by atoms with Crippen molar-refractivity contribution >= 4 is 17.9 Å². The summed E-state index contributed by atoms with van der Waals surface area (Å²) in [5.41, 5.74) is 2.75. The molecule has 1 aliphatic heterocycles. The van der Waals surface area contributed by atoms with Gasteiger partial charge in [-0.1, -0.05) is 35.8 Å². The quantitative estimate of drug-likeness (QED) is 0.712. The molecule has 0 unspecified atom stereocenters. The number of rotatable bonds is 4. The van der Waals surface area contributed by atoms with Crippen molar-refractivity contribution in [2.75, 3.05) is 18.0 Å². The lowest BCUT2D eigenvalue weighted by Crippen LogP contribution is -2.29. The first-order valence-electron chi connectivity index (χ1n) is 6.53. The Kier molecular flexibility index (Phi) is 4.08. The van der Waals surface area contributed by atoms with E-state index in [4.69, 9.17) is 0 Å². The Morgan fingerprint density at radius 1 is 1.06 bits per heavy atom. The fourth-order valence-corrected chi connectivity index (χ4v) is 2.35. The van der Waals surface area contributed by atoms with Crippen molar-refractivity contribution in [2.45, 2.75) is 20.2 Å². The number of anilines is 1. The summed E-state index contributed by atoms with van der Waals surface area (Å²) in [6, 6.07) is 9.02. The Bertz CT molecular complexity index is 401. The maximum absolute atomic E-state index is 2.38. The Morgan fingerprint density at radius 3 is 2.29 bits per heavy atom. The SMILES string of the molecule is CCN(CC)c1ccc(B2C=CC=CC2)cc1. The summed E-state index contributed by atoms with van der Waals surface area (Å²) >= 11 is 0. The summed E-state index contributed by atoms with van der Waals surface area (Å²) in [4.78, 5) is 2.38. The molecule has 0 atom stereocenters. The minimum Gasteiger partial charge on any atom is -0.372 e. The second-order valence-corrected chi connectivity index (χ2v) is 4.42. The highest BCUT2D eigenvalue weighted by Crippen LogP contribution is 2.13. The summed E-state index contributed by atoms with van der Waals surface area (Å²) < 4.78 is 0. The predicted octanol–water partition coefficient (Wildman–Crippen LogP) is 2.90. The van der Waals surface area contributed by atoms with Crippen molar-refractivity contribution in [3.05, 3.63) is 48.5 Å². The van der Waals surface area contributed by atoms with Gasteiger partial charge in [-0.2, -0.15) is 0 Å². The Hall–Kier alpha value is -1.44. The Morgan fingerprint density at radius 2 is 1.76 bits per heavy atom. The molecule has 0 saturated heterocycles. The first-order valence-corrected chi connectivity index (χ1v) is 6.53. The van der Waals surface area contributed by atoms with E-state index in [2.05, 4.69) is 67.2 Å². The third-order valence-corrected chi connectivity index (χ3v) is 3.43. The third kappa shape index (κ3) is 2.82. The second kappa shape index (κ2) is 5.76. The Balaban J connectivity index is 2.12. The van der Waals surface area contributed by atoms with E-state index in [0.29, 0.717) is 6.71 Å². The Labute approximate surface area is 105 Å². The van der Waals surface area contributed by atoms with Crippen LogP contribution in [0.4, 0.5) is 5.69 Å². The number of nitrogens with zero attached hydrogens (tertiary/aromatic N) is 1. The van der Waals surface area contributed by atoms with Crippen LogP contribution in [0.2, 0.25) is 6.32 Å². The second-order valence-electron chi connectivity index (χ2n) is 4.42. The topological polar surface area (TPSA) is 3.24 Å². The minimum atomic E-state index is 0.561. The average molecular weight is 225 g/mol. The largest absolute Gasteiger partial charge is 0.372 e. The van der Waals surface area contributed by atoms with E-state index >= 15 is 0 Å². The molecule has 1 nitrogen and oxygen atoms in total. The van der Waals surface area contributed by atoms with Crippen molar-refractivity contribution in [1.82, 2.24) is 0 Å². The average Bonchev–Trinajstić information content (AvgIpc) is 2.42. The summed E-state index contributed by atoms with van der Waals surface area (Å²) in [7, 11) is 0. The van der Waals surface area contributed by atoms with Crippen LogP contribution in [0.5, 0.6) is 0 Å². The molecule has 0 aliphatic carbocycles. The van der Waals surface area contributed by atoms with Crippen LogP contribution in [0, 0.1) is 0 Å². The maximum Gasteiger partial charge on any atom is 0.204 e.